The number of hydrogen-bond donors (Lipinski definition) is 3. The number of sulfonamides is 1. The normalized spacial score (nSPS) is 15.9. The third kappa shape index (κ3) is 12.5. The first-order valence-electron chi connectivity index (χ1n) is 10.1. The molecule has 0 radical (unpaired) electrons. The van der Waals surface area contributed by atoms with Crippen molar-refractivity contribution < 1.29 is 54.6 Å². The molecule has 0 saturated carbocycles. The van der Waals surface area contributed by atoms with Crippen LogP contribution in [0.4, 0.5) is 26.3 Å². The molecule has 2 aromatic heterocycles. The predicted octanol–water partition coefficient (Wildman–Crippen LogP) is 2.04. The highest BCUT2D eigenvalue weighted by atomic mass is 32.2. The van der Waals surface area contributed by atoms with Crippen molar-refractivity contribution in [3.05, 3.63) is 48.0 Å². The van der Waals surface area contributed by atoms with Crippen molar-refractivity contribution in [1.82, 2.24) is 24.4 Å². The number of pyridine rings is 1. The van der Waals surface area contributed by atoms with E-state index in [0.29, 0.717) is 13.0 Å². The van der Waals surface area contributed by atoms with Crippen LogP contribution < -0.4 is 4.72 Å². The lowest BCUT2D eigenvalue weighted by molar-refractivity contribution is -0.193. The maximum absolute atomic E-state index is 11.2. The van der Waals surface area contributed by atoms with Gasteiger partial charge in [0.2, 0.25) is 10.0 Å². The zero-order valence-electron chi connectivity index (χ0n) is 19.1. The largest absolute Gasteiger partial charge is 0.490 e. The van der Waals surface area contributed by atoms with Crippen LogP contribution in [-0.2, 0) is 32.7 Å². The Balaban J connectivity index is 0.000000404. The molecule has 0 spiro atoms. The summed E-state index contributed by atoms with van der Waals surface area (Å²) in [6.45, 7) is 2.93. The smallest absolute Gasteiger partial charge is 0.475 e. The first-order valence-corrected chi connectivity index (χ1v) is 12.0. The average Bonchev–Trinajstić information content (AvgIpc) is 3.22. The predicted molar refractivity (Wildman–Crippen MR) is 114 cm³/mol. The average molecular weight is 563 g/mol. The number of carboxylic acid groups (broad SMARTS) is 2. The van der Waals surface area contributed by atoms with Gasteiger partial charge in [-0.3, -0.25) is 14.6 Å². The molecule has 0 fully saturated rings. The van der Waals surface area contributed by atoms with Crippen LogP contribution in [0, 0.1) is 0 Å². The van der Waals surface area contributed by atoms with Crippen LogP contribution in [0.2, 0.25) is 0 Å². The number of halogens is 6. The lowest BCUT2D eigenvalue weighted by Gasteiger charge is -2.34. The zero-order valence-corrected chi connectivity index (χ0v) is 19.9. The van der Waals surface area contributed by atoms with Gasteiger partial charge in [-0.15, -0.1) is 0 Å². The number of alkyl halides is 6. The van der Waals surface area contributed by atoms with Gasteiger partial charge in [0, 0.05) is 44.8 Å². The van der Waals surface area contributed by atoms with Gasteiger partial charge in [-0.05, 0) is 24.1 Å². The van der Waals surface area contributed by atoms with Crippen molar-refractivity contribution in [2.75, 3.05) is 19.3 Å². The Bertz CT molecular complexity index is 1100. The van der Waals surface area contributed by atoms with Gasteiger partial charge in [-0.2, -0.15) is 31.4 Å². The topological polar surface area (TPSA) is 155 Å². The fourth-order valence-electron chi connectivity index (χ4n) is 2.96. The molecular weight excluding hydrogens is 540 g/mol. The summed E-state index contributed by atoms with van der Waals surface area (Å²) in [6.07, 6.45) is -2.81. The molecule has 1 unspecified atom stereocenters. The minimum Gasteiger partial charge on any atom is -0.475 e. The first kappa shape index (κ1) is 31.8. The molecule has 0 amide bonds. The van der Waals surface area contributed by atoms with Crippen LogP contribution in [0.3, 0.4) is 0 Å². The van der Waals surface area contributed by atoms with Gasteiger partial charge in [0.15, 0.2) is 0 Å². The summed E-state index contributed by atoms with van der Waals surface area (Å²) in [5.74, 6) is -5.51. The van der Waals surface area contributed by atoms with E-state index in [9.17, 15) is 34.8 Å². The number of nitrogens with one attached hydrogen (secondary N) is 1. The summed E-state index contributed by atoms with van der Waals surface area (Å²) in [5.41, 5.74) is 2.33. The highest BCUT2D eigenvalue weighted by Gasteiger charge is 2.38. The third-order valence-electron chi connectivity index (χ3n) is 4.41. The van der Waals surface area contributed by atoms with Gasteiger partial charge < -0.3 is 10.2 Å². The summed E-state index contributed by atoms with van der Waals surface area (Å²) in [6, 6.07) is 6.20. The Labute approximate surface area is 206 Å². The van der Waals surface area contributed by atoms with E-state index in [1.807, 2.05) is 23.0 Å². The van der Waals surface area contributed by atoms with E-state index < -0.39 is 34.3 Å². The highest BCUT2D eigenvalue weighted by Crippen LogP contribution is 2.24. The molecule has 18 heteroatoms. The number of aromatic nitrogens is 3. The molecule has 3 heterocycles. The molecule has 1 atom stereocenters. The lowest BCUT2D eigenvalue weighted by Crippen LogP contribution is -2.38. The van der Waals surface area contributed by atoms with Crippen LogP contribution >= 0.6 is 0 Å². The number of fused-ring (bicyclic) bond motifs is 1. The number of carboxylic acids is 2. The SMILES string of the molecule is CS(=O)(=O)NCCC1CN(Cc2cccnc2)Cc2ccnn21.O=C(O)C(F)(F)F.O=C(O)C(F)(F)F. The minimum absolute atomic E-state index is 0.166. The van der Waals surface area contributed by atoms with E-state index in [2.05, 4.69) is 25.8 Å². The van der Waals surface area contributed by atoms with Gasteiger partial charge in [0.25, 0.3) is 0 Å². The van der Waals surface area contributed by atoms with Gasteiger partial charge >= 0.3 is 24.3 Å². The summed E-state index contributed by atoms with van der Waals surface area (Å²) in [7, 11) is -3.15. The summed E-state index contributed by atoms with van der Waals surface area (Å²) in [4.78, 5) is 24.3. The molecule has 1 aliphatic rings. The van der Waals surface area contributed by atoms with Crippen LogP contribution in [0.5, 0.6) is 0 Å². The van der Waals surface area contributed by atoms with Crippen molar-refractivity contribution in [3.8, 4) is 0 Å². The minimum atomic E-state index is -5.08. The Morgan fingerprint density at radius 2 is 1.65 bits per heavy atom. The molecule has 0 saturated heterocycles. The molecule has 3 rings (SSSR count). The Morgan fingerprint density at radius 3 is 2.11 bits per heavy atom. The number of hydrogen-bond acceptors (Lipinski definition) is 7. The standard InChI is InChI=1S/C15H21N5O2S.2C2HF3O2/c1-23(21,22)18-8-5-15-12-19(10-13-3-2-6-16-9-13)11-14-4-7-17-20(14)15;2*3-2(4,5)1(6)7/h2-4,6-7,9,15,18H,5,8,10-12H2,1H3;2*(H,6,7). The van der Waals surface area contributed by atoms with E-state index in [1.54, 1.807) is 12.4 Å². The van der Waals surface area contributed by atoms with Gasteiger partial charge in [-0.1, -0.05) is 6.07 Å². The van der Waals surface area contributed by atoms with Gasteiger partial charge in [0.05, 0.1) is 18.0 Å². The molecule has 11 nitrogen and oxygen atoms in total. The number of rotatable bonds is 6. The van der Waals surface area contributed by atoms with Crippen LogP contribution in [-0.4, -0.2) is 81.9 Å². The molecule has 0 bridgehead atoms. The highest BCUT2D eigenvalue weighted by molar-refractivity contribution is 7.88. The molecule has 2 aromatic rings. The van der Waals surface area contributed by atoms with Crippen molar-refractivity contribution >= 4 is 22.0 Å². The molecule has 208 valence electrons. The summed E-state index contributed by atoms with van der Waals surface area (Å²) < 4.78 is 90.5. The molecule has 1 aliphatic heterocycles. The van der Waals surface area contributed by atoms with Crippen molar-refractivity contribution in [2.45, 2.75) is 37.9 Å². The molecular formula is C19H23F6N5O6S. The fraction of sp³-hybridized carbons (Fsp3) is 0.474. The van der Waals surface area contributed by atoms with E-state index in [4.69, 9.17) is 19.8 Å². The first-order chi connectivity index (χ1) is 16.9. The Morgan fingerprint density at radius 1 is 1.08 bits per heavy atom. The molecule has 0 aliphatic carbocycles. The fourth-order valence-corrected chi connectivity index (χ4v) is 3.45. The maximum Gasteiger partial charge on any atom is 0.490 e. The van der Waals surface area contributed by atoms with E-state index >= 15 is 0 Å². The van der Waals surface area contributed by atoms with Crippen LogP contribution in [0.25, 0.3) is 0 Å². The van der Waals surface area contributed by atoms with Gasteiger partial charge in [0.1, 0.15) is 0 Å². The van der Waals surface area contributed by atoms with Crippen molar-refractivity contribution in [1.29, 1.82) is 0 Å². The molecule has 3 N–H and O–H groups in total. The van der Waals surface area contributed by atoms with Crippen molar-refractivity contribution in [2.24, 2.45) is 0 Å². The second-order valence-electron chi connectivity index (χ2n) is 7.51. The second-order valence-corrected chi connectivity index (χ2v) is 9.35. The van der Waals surface area contributed by atoms with Gasteiger partial charge in [-0.25, -0.2) is 22.7 Å². The number of carbonyl (C=O) groups is 2. The van der Waals surface area contributed by atoms with E-state index in [-0.39, 0.29) is 6.04 Å². The summed E-state index contributed by atoms with van der Waals surface area (Å²) >= 11 is 0. The monoisotopic (exact) mass is 563 g/mol. The molecule has 0 aromatic carbocycles. The quantitative estimate of drug-likeness (QED) is 0.448. The molecule has 37 heavy (non-hydrogen) atoms. The number of nitrogens with zero attached hydrogens (tertiary/aromatic N) is 4. The lowest BCUT2D eigenvalue weighted by atomic mass is 10.1. The van der Waals surface area contributed by atoms with Crippen molar-refractivity contribution in [3.63, 3.8) is 0 Å². The Kier molecular flexibility index (Phi) is 11.5. The van der Waals surface area contributed by atoms with Crippen LogP contribution in [0.1, 0.15) is 23.7 Å². The van der Waals surface area contributed by atoms with Crippen LogP contribution in [0.15, 0.2) is 36.8 Å². The maximum atomic E-state index is 11.2. The number of aliphatic carboxylic acids is 2. The third-order valence-corrected chi connectivity index (χ3v) is 5.14. The van der Waals surface area contributed by atoms with E-state index in [0.717, 1.165) is 25.3 Å². The van der Waals surface area contributed by atoms with E-state index in [1.165, 1.54) is 11.8 Å². The zero-order chi connectivity index (χ0) is 28.4. The summed E-state index contributed by atoms with van der Waals surface area (Å²) in [5, 5.41) is 18.6. The second kappa shape index (κ2) is 13.3. The Hall–Kier alpha value is -3.25.